The van der Waals surface area contributed by atoms with Gasteiger partial charge in [-0.05, 0) is 30.7 Å². The molecule has 3 N–H and O–H groups in total. The number of methoxy groups -OCH3 is 1. The zero-order valence-corrected chi connectivity index (χ0v) is 11.5. The van der Waals surface area contributed by atoms with E-state index < -0.39 is 5.60 Å². The molecular formula is C14H15ClN2O2. The Hall–Kier alpha value is -1.78. The summed E-state index contributed by atoms with van der Waals surface area (Å²) >= 11 is 5.92. The number of hydrogen-bond donors (Lipinski definition) is 2. The van der Waals surface area contributed by atoms with Crippen LogP contribution in [0.2, 0.25) is 5.02 Å². The number of rotatable bonds is 3. The van der Waals surface area contributed by atoms with E-state index in [4.69, 9.17) is 22.1 Å². The van der Waals surface area contributed by atoms with Gasteiger partial charge in [0.15, 0.2) is 0 Å². The third-order valence-electron chi connectivity index (χ3n) is 3.04. The standard InChI is InChI=1S/C14H15ClN2O2/c1-14(18,9-4-3-5-11(6-9)19-2)12-7-10(15)8-17-13(12)16/h3-8,18H,1-2H3,(H2,16,17). The Labute approximate surface area is 116 Å². The van der Waals surface area contributed by atoms with Crippen molar-refractivity contribution in [1.82, 2.24) is 4.98 Å². The van der Waals surface area contributed by atoms with Gasteiger partial charge in [0.1, 0.15) is 17.2 Å². The molecule has 0 aliphatic carbocycles. The Morgan fingerprint density at radius 2 is 2.11 bits per heavy atom. The first-order valence-electron chi connectivity index (χ1n) is 5.73. The quantitative estimate of drug-likeness (QED) is 0.905. The zero-order valence-electron chi connectivity index (χ0n) is 10.7. The van der Waals surface area contributed by atoms with Gasteiger partial charge < -0.3 is 15.6 Å². The first-order valence-corrected chi connectivity index (χ1v) is 6.11. The number of nitrogens with zero attached hydrogens (tertiary/aromatic N) is 1. The molecule has 0 amide bonds. The fourth-order valence-electron chi connectivity index (χ4n) is 1.92. The molecule has 0 aliphatic heterocycles. The molecule has 1 heterocycles. The van der Waals surface area contributed by atoms with Gasteiger partial charge in [-0.2, -0.15) is 0 Å². The van der Waals surface area contributed by atoms with Crippen LogP contribution in [0.3, 0.4) is 0 Å². The number of nitrogens with two attached hydrogens (primary N) is 1. The molecule has 0 radical (unpaired) electrons. The topological polar surface area (TPSA) is 68.4 Å². The first-order chi connectivity index (χ1) is 8.95. The van der Waals surface area contributed by atoms with Crippen LogP contribution in [0.25, 0.3) is 0 Å². The lowest BCUT2D eigenvalue weighted by Gasteiger charge is -2.25. The molecule has 19 heavy (non-hydrogen) atoms. The number of nitrogen functional groups attached to an aromatic ring is 1. The maximum absolute atomic E-state index is 10.7. The summed E-state index contributed by atoms with van der Waals surface area (Å²) in [6.45, 7) is 1.64. The maximum atomic E-state index is 10.7. The molecule has 2 aromatic rings. The van der Waals surface area contributed by atoms with Gasteiger partial charge in [0.2, 0.25) is 0 Å². The van der Waals surface area contributed by atoms with Gasteiger partial charge in [-0.3, -0.25) is 0 Å². The monoisotopic (exact) mass is 278 g/mol. The second-order valence-corrected chi connectivity index (χ2v) is 4.83. The van der Waals surface area contributed by atoms with E-state index in [0.717, 1.165) is 0 Å². The van der Waals surface area contributed by atoms with Crippen molar-refractivity contribution in [3.63, 3.8) is 0 Å². The second-order valence-electron chi connectivity index (χ2n) is 4.39. The van der Waals surface area contributed by atoms with E-state index in [2.05, 4.69) is 4.98 Å². The van der Waals surface area contributed by atoms with Crippen LogP contribution in [-0.4, -0.2) is 17.2 Å². The molecule has 1 atom stereocenters. The Kier molecular flexibility index (Phi) is 3.64. The molecule has 0 aliphatic rings. The van der Waals surface area contributed by atoms with Crippen molar-refractivity contribution in [3.8, 4) is 5.75 Å². The molecule has 2 rings (SSSR count). The number of aromatic nitrogens is 1. The lowest BCUT2D eigenvalue weighted by Crippen LogP contribution is -2.24. The van der Waals surface area contributed by atoms with Crippen molar-refractivity contribution in [2.45, 2.75) is 12.5 Å². The van der Waals surface area contributed by atoms with E-state index in [9.17, 15) is 5.11 Å². The average Bonchev–Trinajstić information content (AvgIpc) is 2.41. The molecule has 1 aromatic heterocycles. The van der Waals surface area contributed by atoms with Crippen LogP contribution in [-0.2, 0) is 5.60 Å². The van der Waals surface area contributed by atoms with Crippen molar-refractivity contribution in [1.29, 1.82) is 0 Å². The van der Waals surface area contributed by atoms with Gasteiger partial charge >= 0.3 is 0 Å². The van der Waals surface area contributed by atoms with E-state index in [-0.39, 0.29) is 5.82 Å². The molecule has 4 nitrogen and oxygen atoms in total. The van der Waals surface area contributed by atoms with Crippen LogP contribution in [0, 0.1) is 0 Å². The van der Waals surface area contributed by atoms with Crippen LogP contribution in [0.4, 0.5) is 5.82 Å². The normalized spacial score (nSPS) is 13.9. The summed E-state index contributed by atoms with van der Waals surface area (Å²) < 4.78 is 5.16. The van der Waals surface area contributed by atoms with Crippen LogP contribution in [0.5, 0.6) is 5.75 Å². The zero-order chi connectivity index (χ0) is 14.0. The van der Waals surface area contributed by atoms with E-state index in [1.54, 1.807) is 44.4 Å². The van der Waals surface area contributed by atoms with Gasteiger partial charge in [0.25, 0.3) is 0 Å². The van der Waals surface area contributed by atoms with Crippen LogP contribution < -0.4 is 10.5 Å². The van der Waals surface area contributed by atoms with Crippen LogP contribution in [0.15, 0.2) is 36.5 Å². The number of anilines is 1. The molecule has 5 heteroatoms. The van der Waals surface area contributed by atoms with E-state index in [1.807, 2.05) is 0 Å². The molecule has 0 spiro atoms. The van der Waals surface area contributed by atoms with Crippen molar-refractivity contribution in [2.24, 2.45) is 0 Å². The lowest BCUT2D eigenvalue weighted by atomic mass is 9.88. The summed E-state index contributed by atoms with van der Waals surface area (Å²) in [6, 6.07) is 8.77. The van der Waals surface area contributed by atoms with Gasteiger partial charge in [0, 0.05) is 11.8 Å². The third-order valence-corrected chi connectivity index (χ3v) is 3.25. The van der Waals surface area contributed by atoms with Crippen molar-refractivity contribution in [3.05, 3.63) is 52.7 Å². The summed E-state index contributed by atoms with van der Waals surface area (Å²) in [6.07, 6.45) is 1.45. The Morgan fingerprint density at radius 3 is 2.79 bits per heavy atom. The number of ether oxygens (including phenoxy) is 1. The van der Waals surface area contributed by atoms with Crippen LogP contribution >= 0.6 is 11.6 Å². The smallest absolute Gasteiger partial charge is 0.129 e. The van der Waals surface area contributed by atoms with Crippen molar-refractivity contribution in [2.75, 3.05) is 12.8 Å². The Balaban J connectivity index is 2.54. The summed E-state index contributed by atoms with van der Waals surface area (Å²) in [5.74, 6) is 0.906. The molecule has 0 saturated heterocycles. The van der Waals surface area contributed by atoms with E-state index in [1.165, 1.54) is 6.20 Å². The highest BCUT2D eigenvalue weighted by Gasteiger charge is 2.29. The number of halogens is 1. The van der Waals surface area contributed by atoms with Gasteiger partial charge in [0.05, 0.1) is 12.1 Å². The Bertz CT molecular complexity index is 600. The van der Waals surface area contributed by atoms with E-state index in [0.29, 0.717) is 21.9 Å². The number of hydrogen-bond acceptors (Lipinski definition) is 4. The van der Waals surface area contributed by atoms with Gasteiger partial charge in [-0.25, -0.2) is 4.98 Å². The fourth-order valence-corrected chi connectivity index (χ4v) is 2.08. The summed E-state index contributed by atoms with van der Waals surface area (Å²) in [5, 5.41) is 11.2. The number of aliphatic hydroxyl groups is 1. The highest BCUT2D eigenvalue weighted by molar-refractivity contribution is 6.30. The largest absolute Gasteiger partial charge is 0.497 e. The summed E-state index contributed by atoms with van der Waals surface area (Å²) in [5.41, 5.74) is 5.65. The SMILES string of the molecule is COc1cccc(C(C)(O)c2cc(Cl)cnc2N)c1. The molecule has 0 saturated carbocycles. The first kappa shape index (κ1) is 13.6. The molecule has 1 aromatic carbocycles. The minimum Gasteiger partial charge on any atom is -0.497 e. The van der Waals surface area contributed by atoms with Gasteiger partial charge in [-0.15, -0.1) is 0 Å². The molecule has 100 valence electrons. The predicted molar refractivity (Wildman–Crippen MR) is 75.3 cm³/mol. The highest BCUT2D eigenvalue weighted by Crippen LogP contribution is 2.34. The Morgan fingerprint density at radius 1 is 1.37 bits per heavy atom. The molecule has 0 bridgehead atoms. The van der Waals surface area contributed by atoms with Gasteiger partial charge in [-0.1, -0.05) is 23.7 Å². The maximum Gasteiger partial charge on any atom is 0.129 e. The van der Waals surface area contributed by atoms with Crippen molar-refractivity contribution < 1.29 is 9.84 Å². The molecular weight excluding hydrogens is 264 g/mol. The third kappa shape index (κ3) is 2.64. The summed E-state index contributed by atoms with van der Waals surface area (Å²) in [4.78, 5) is 3.97. The fraction of sp³-hybridized carbons (Fsp3) is 0.214. The van der Waals surface area contributed by atoms with E-state index >= 15 is 0 Å². The predicted octanol–water partition coefficient (Wildman–Crippen LogP) is 2.58. The second kappa shape index (κ2) is 5.07. The molecule has 0 fully saturated rings. The number of pyridine rings is 1. The summed E-state index contributed by atoms with van der Waals surface area (Å²) in [7, 11) is 1.57. The highest BCUT2D eigenvalue weighted by atomic mass is 35.5. The number of benzene rings is 1. The van der Waals surface area contributed by atoms with Crippen molar-refractivity contribution >= 4 is 17.4 Å². The minimum absolute atomic E-state index is 0.247. The minimum atomic E-state index is -1.30. The van der Waals surface area contributed by atoms with Crippen LogP contribution in [0.1, 0.15) is 18.1 Å². The lowest BCUT2D eigenvalue weighted by molar-refractivity contribution is 0.102. The average molecular weight is 279 g/mol. The molecule has 1 unspecified atom stereocenters.